The summed E-state index contributed by atoms with van der Waals surface area (Å²) in [6, 6.07) is 13.1. The van der Waals surface area contributed by atoms with Gasteiger partial charge < -0.3 is 10.1 Å². The molecule has 0 fully saturated rings. The molecule has 4 aromatic rings. The number of fused-ring (bicyclic) bond motifs is 1. The summed E-state index contributed by atoms with van der Waals surface area (Å²) in [6.07, 6.45) is 0. The van der Waals surface area contributed by atoms with Crippen LogP contribution in [0.3, 0.4) is 0 Å². The molecule has 0 radical (unpaired) electrons. The minimum atomic E-state index is -3.98. The molecular weight excluding hydrogens is 458 g/mol. The molecule has 0 saturated carbocycles. The maximum atomic E-state index is 12.7. The van der Waals surface area contributed by atoms with Crippen LogP contribution in [0.1, 0.15) is 12.6 Å². The summed E-state index contributed by atoms with van der Waals surface area (Å²) >= 11 is 2.30. The number of carbonyl (C=O) groups is 1. The molecule has 0 bridgehead atoms. The van der Waals surface area contributed by atoms with Gasteiger partial charge in [-0.15, -0.1) is 11.3 Å². The average molecular weight is 476 g/mol. The maximum Gasteiger partial charge on any atom is 0.324 e. The van der Waals surface area contributed by atoms with Crippen LogP contribution in [0.15, 0.2) is 58.8 Å². The SMILES string of the molecule is CC(NS(=O)(=O)c1cccc2nsnc12)C(=O)OCc1csc(Nc2ccccc2)n1. The second kappa shape index (κ2) is 9.06. The number of carbonyl (C=O) groups excluding carboxylic acids is 1. The fraction of sp³-hybridized carbons (Fsp3) is 0.158. The van der Waals surface area contributed by atoms with Crippen molar-refractivity contribution in [1.82, 2.24) is 18.5 Å². The molecule has 2 aromatic carbocycles. The second-order valence-corrected chi connectivity index (χ2v) is 9.54. The van der Waals surface area contributed by atoms with Gasteiger partial charge in [0, 0.05) is 11.1 Å². The fourth-order valence-electron chi connectivity index (χ4n) is 2.69. The highest BCUT2D eigenvalue weighted by Crippen LogP contribution is 2.22. The van der Waals surface area contributed by atoms with E-state index in [0.717, 1.165) is 17.4 Å². The molecule has 0 aliphatic rings. The number of anilines is 2. The van der Waals surface area contributed by atoms with E-state index in [1.165, 1.54) is 24.3 Å². The Morgan fingerprint density at radius 2 is 1.94 bits per heavy atom. The van der Waals surface area contributed by atoms with Crippen molar-refractivity contribution in [2.75, 3.05) is 5.32 Å². The van der Waals surface area contributed by atoms with Crippen molar-refractivity contribution in [3.05, 3.63) is 59.6 Å². The lowest BCUT2D eigenvalue weighted by molar-refractivity contribution is -0.146. The first kappa shape index (κ1) is 21.3. The number of ether oxygens (including phenoxy) is 1. The third kappa shape index (κ3) is 5.05. The minimum absolute atomic E-state index is 0.0328. The highest BCUT2D eigenvalue weighted by Gasteiger charge is 2.26. The summed E-state index contributed by atoms with van der Waals surface area (Å²) in [4.78, 5) is 16.7. The van der Waals surface area contributed by atoms with Gasteiger partial charge in [0.2, 0.25) is 10.0 Å². The molecule has 0 amide bonds. The van der Waals surface area contributed by atoms with Gasteiger partial charge in [0.25, 0.3) is 0 Å². The third-order valence-corrected chi connectivity index (χ3v) is 7.08. The van der Waals surface area contributed by atoms with E-state index in [1.807, 2.05) is 30.3 Å². The highest BCUT2D eigenvalue weighted by atomic mass is 32.2. The van der Waals surface area contributed by atoms with Gasteiger partial charge >= 0.3 is 5.97 Å². The molecule has 1 atom stereocenters. The summed E-state index contributed by atoms with van der Waals surface area (Å²) in [5.74, 6) is -0.710. The van der Waals surface area contributed by atoms with E-state index in [9.17, 15) is 13.2 Å². The van der Waals surface area contributed by atoms with Crippen LogP contribution in [-0.4, -0.2) is 34.2 Å². The van der Waals surface area contributed by atoms with Gasteiger partial charge in [-0.2, -0.15) is 13.5 Å². The zero-order chi connectivity index (χ0) is 21.8. The van der Waals surface area contributed by atoms with Crippen LogP contribution in [0.5, 0.6) is 0 Å². The number of esters is 1. The molecule has 2 N–H and O–H groups in total. The number of nitrogens with zero attached hydrogens (tertiary/aromatic N) is 3. The summed E-state index contributed by atoms with van der Waals surface area (Å²) in [7, 11) is -3.98. The van der Waals surface area contributed by atoms with Gasteiger partial charge in [-0.1, -0.05) is 24.3 Å². The molecule has 0 spiro atoms. The van der Waals surface area contributed by atoms with Crippen LogP contribution in [-0.2, 0) is 26.2 Å². The number of sulfonamides is 1. The van der Waals surface area contributed by atoms with Crippen LogP contribution in [0.4, 0.5) is 10.8 Å². The molecule has 2 aromatic heterocycles. The molecule has 0 saturated heterocycles. The van der Waals surface area contributed by atoms with E-state index in [1.54, 1.807) is 17.5 Å². The van der Waals surface area contributed by atoms with Crippen LogP contribution in [0, 0.1) is 0 Å². The van der Waals surface area contributed by atoms with Crippen molar-refractivity contribution in [1.29, 1.82) is 0 Å². The Morgan fingerprint density at radius 1 is 1.13 bits per heavy atom. The zero-order valence-corrected chi connectivity index (χ0v) is 18.6. The lowest BCUT2D eigenvalue weighted by Crippen LogP contribution is -2.39. The van der Waals surface area contributed by atoms with E-state index >= 15 is 0 Å². The first-order valence-corrected chi connectivity index (χ1v) is 12.2. The minimum Gasteiger partial charge on any atom is -0.458 e. The van der Waals surface area contributed by atoms with Gasteiger partial charge in [-0.05, 0) is 31.2 Å². The lowest BCUT2D eigenvalue weighted by atomic mass is 10.3. The Hall–Kier alpha value is -2.93. The number of thiazole rings is 1. The van der Waals surface area contributed by atoms with Crippen molar-refractivity contribution in [2.24, 2.45) is 0 Å². The second-order valence-electron chi connectivity index (χ2n) is 6.47. The third-order valence-electron chi connectivity index (χ3n) is 4.16. The maximum absolute atomic E-state index is 12.7. The van der Waals surface area contributed by atoms with Crippen molar-refractivity contribution >= 4 is 60.9 Å². The predicted molar refractivity (Wildman–Crippen MR) is 119 cm³/mol. The number of para-hydroxylation sites is 1. The smallest absolute Gasteiger partial charge is 0.324 e. The summed E-state index contributed by atoms with van der Waals surface area (Å²) < 4.78 is 41.0. The van der Waals surface area contributed by atoms with Gasteiger partial charge in [-0.25, -0.2) is 13.4 Å². The van der Waals surface area contributed by atoms with E-state index < -0.39 is 22.0 Å². The van der Waals surface area contributed by atoms with Crippen molar-refractivity contribution in [3.8, 4) is 0 Å². The Morgan fingerprint density at radius 3 is 2.74 bits per heavy atom. The average Bonchev–Trinajstić information content (AvgIpc) is 3.41. The Balaban J connectivity index is 1.35. The molecule has 31 heavy (non-hydrogen) atoms. The number of hydrogen-bond acceptors (Lipinski definition) is 10. The monoisotopic (exact) mass is 475 g/mol. The van der Waals surface area contributed by atoms with E-state index in [2.05, 4.69) is 23.8 Å². The van der Waals surface area contributed by atoms with Crippen LogP contribution in [0.2, 0.25) is 0 Å². The highest BCUT2D eigenvalue weighted by molar-refractivity contribution is 7.89. The number of rotatable bonds is 8. The molecule has 9 nitrogen and oxygen atoms in total. The quantitative estimate of drug-likeness (QED) is 0.372. The molecule has 2 heterocycles. The van der Waals surface area contributed by atoms with Crippen LogP contribution < -0.4 is 10.0 Å². The van der Waals surface area contributed by atoms with E-state index in [0.29, 0.717) is 16.3 Å². The standard InChI is InChI=1S/C19H17N5O4S3/c1-12(24-31(26,27)16-9-5-8-15-17(16)23-30-22-15)18(25)28-10-14-11-29-19(21-14)20-13-6-3-2-4-7-13/h2-9,11-12,24H,10H2,1H3,(H,20,21). The molecule has 0 aliphatic heterocycles. The predicted octanol–water partition coefficient (Wildman–Crippen LogP) is 3.30. The van der Waals surface area contributed by atoms with Gasteiger partial charge in [0.1, 0.15) is 28.6 Å². The molecule has 12 heteroatoms. The summed E-state index contributed by atoms with van der Waals surface area (Å²) in [6.45, 7) is 1.35. The fourth-order valence-corrected chi connectivity index (χ4v) is 5.36. The number of aromatic nitrogens is 3. The van der Waals surface area contributed by atoms with E-state index in [-0.39, 0.29) is 17.0 Å². The summed E-state index contributed by atoms with van der Waals surface area (Å²) in [5, 5.41) is 5.59. The Labute approximate surface area is 186 Å². The molecular formula is C19H17N5O4S3. The number of nitrogens with one attached hydrogen (secondary N) is 2. The Kier molecular flexibility index (Phi) is 6.23. The van der Waals surface area contributed by atoms with Crippen molar-refractivity contribution in [2.45, 2.75) is 24.5 Å². The zero-order valence-electron chi connectivity index (χ0n) is 16.2. The van der Waals surface area contributed by atoms with Gasteiger partial charge in [-0.3, -0.25) is 4.79 Å². The first-order valence-electron chi connectivity index (χ1n) is 9.09. The Bertz CT molecular complexity index is 1300. The van der Waals surface area contributed by atoms with Gasteiger partial charge in [0.05, 0.1) is 17.4 Å². The largest absolute Gasteiger partial charge is 0.458 e. The molecule has 0 aliphatic carbocycles. The topological polar surface area (TPSA) is 123 Å². The molecule has 160 valence electrons. The van der Waals surface area contributed by atoms with Gasteiger partial charge in [0.15, 0.2) is 5.13 Å². The van der Waals surface area contributed by atoms with E-state index in [4.69, 9.17) is 4.74 Å². The molecule has 1 unspecified atom stereocenters. The van der Waals surface area contributed by atoms with Crippen molar-refractivity contribution < 1.29 is 17.9 Å². The molecule has 4 rings (SSSR count). The number of hydrogen-bond donors (Lipinski definition) is 2. The van der Waals surface area contributed by atoms with Crippen LogP contribution >= 0.6 is 23.1 Å². The van der Waals surface area contributed by atoms with Crippen molar-refractivity contribution in [3.63, 3.8) is 0 Å². The number of benzene rings is 2. The summed E-state index contributed by atoms with van der Waals surface area (Å²) in [5.41, 5.74) is 2.20. The first-order chi connectivity index (χ1) is 14.9. The lowest BCUT2D eigenvalue weighted by Gasteiger charge is -2.13. The van der Waals surface area contributed by atoms with Crippen LogP contribution in [0.25, 0.3) is 11.0 Å². The normalized spacial score (nSPS) is 12.5.